The number of nitrogens with zero attached hydrogens (tertiary/aromatic N) is 2. The maximum atomic E-state index is 11.4. The zero-order valence-corrected chi connectivity index (χ0v) is 8.86. The molecular formula is C10H16N4O. The van der Waals surface area contributed by atoms with Crippen LogP contribution in [0.4, 0.5) is 0 Å². The Balaban J connectivity index is 2.20. The second-order valence-corrected chi connectivity index (χ2v) is 3.05. The molecule has 0 saturated carbocycles. The van der Waals surface area contributed by atoms with Gasteiger partial charge in [-0.2, -0.15) is 0 Å². The highest BCUT2D eigenvalue weighted by Crippen LogP contribution is 1.89. The Morgan fingerprint density at radius 3 is 2.93 bits per heavy atom. The summed E-state index contributed by atoms with van der Waals surface area (Å²) in [4.78, 5) is 19.2. The van der Waals surface area contributed by atoms with Gasteiger partial charge in [0.25, 0.3) is 5.91 Å². The highest BCUT2D eigenvalue weighted by atomic mass is 16.1. The first-order valence-electron chi connectivity index (χ1n) is 5.09. The van der Waals surface area contributed by atoms with E-state index < -0.39 is 0 Å². The molecule has 0 bridgehead atoms. The monoisotopic (exact) mass is 208 g/mol. The maximum Gasteiger partial charge on any atom is 0.271 e. The van der Waals surface area contributed by atoms with E-state index in [9.17, 15) is 4.79 Å². The van der Waals surface area contributed by atoms with Crippen molar-refractivity contribution in [2.24, 2.45) is 0 Å². The fraction of sp³-hybridized carbons (Fsp3) is 0.500. The summed E-state index contributed by atoms with van der Waals surface area (Å²) >= 11 is 0. The van der Waals surface area contributed by atoms with Gasteiger partial charge < -0.3 is 10.6 Å². The number of amides is 1. The first-order valence-corrected chi connectivity index (χ1v) is 5.09. The highest BCUT2D eigenvalue weighted by Gasteiger charge is 2.04. The molecule has 5 heteroatoms. The topological polar surface area (TPSA) is 66.9 Å². The molecule has 0 radical (unpaired) electrons. The summed E-state index contributed by atoms with van der Waals surface area (Å²) in [5.74, 6) is -0.167. The number of hydrogen-bond acceptors (Lipinski definition) is 4. The van der Waals surface area contributed by atoms with E-state index in [-0.39, 0.29) is 5.91 Å². The lowest BCUT2D eigenvalue weighted by molar-refractivity contribution is 0.0948. The smallest absolute Gasteiger partial charge is 0.271 e. The lowest BCUT2D eigenvalue weighted by Crippen LogP contribution is -2.28. The predicted octanol–water partition coefficient (Wildman–Crippen LogP) is 0.206. The minimum atomic E-state index is -0.167. The molecule has 0 fully saturated rings. The van der Waals surface area contributed by atoms with Crippen LogP contribution in [0, 0.1) is 0 Å². The van der Waals surface area contributed by atoms with Crippen molar-refractivity contribution in [1.29, 1.82) is 0 Å². The van der Waals surface area contributed by atoms with Crippen molar-refractivity contribution < 1.29 is 4.79 Å². The van der Waals surface area contributed by atoms with Gasteiger partial charge in [-0.25, -0.2) is 4.98 Å². The molecule has 0 aliphatic carbocycles. The first-order chi connectivity index (χ1) is 7.34. The minimum Gasteiger partial charge on any atom is -0.351 e. The molecule has 2 N–H and O–H groups in total. The van der Waals surface area contributed by atoms with E-state index in [4.69, 9.17) is 0 Å². The van der Waals surface area contributed by atoms with Gasteiger partial charge in [0, 0.05) is 18.9 Å². The summed E-state index contributed by atoms with van der Waals surface area (Å²) in [6, 6.07) is 0. The zero-order chi connectivity index (χ0) is 10.9. The van der Waals surface area contributed by atoms with E-state index in [0.29, 0.717) is 12.2 Å². The summed E-state index contributed by atoms with van der Waals surface area (Å²) in [7, 11) is 0. The zero-order valence-electron chi connectivity index (χ0n) is 8.86. The number of aromatic nitrogens is 2. The third-order valence-corrected chi connectivity index (χ3v) is 1.86. The molecule has 15 heavy (non-hydrogen) atoms. The molecular weight excluding hydrogens is 192 g/mol. The Kier molecular flexibility index (Phi) is 5.32. The van der Waals surface area contributed by atoms with Crippen molar-refractivity contribution >= 4 is 5.91 Å². The third kappa shape index (κ3) is 4.51. The van der Waals surface area contributed by atoms with E-state index in [1.807, 2.05) is 0 Å². The normalized spacial score (nSPS) is 9.93. The molecule has 1 aromatic rings. The van der Waals surface area contributed by atoms with E-state index >= 15 is 0 Å². The van der Waals surface area contributed by atoms with Crippen LogP contribution in [0.5, 0.6) is 0 Å². The van der Waals surface area contributed by atoms with Gasteiger partial charge in [-0.05, 0) is 19.5 Å². The maximum absolute atomic E-state index is 11.4. The summed E-state index contributed by atoms with van der Waals surface area (Å²) < 4.78 is 0. The minimum absolute atomic E-state index is 0.167. The molecule has 0 unspecified atom stereocenters. The fourth-order valence-electron chi connectivity index (χ4n) is 1.10. The standard InChI is InChI=1S/C10H16N4O/c1-2-11-4-3-5-14-10(15)9-8-12-6-7-13-9/h6-8,11H,2-5H2,1H3,(H,14,15). The number of carbonyl (C=O) groups is 1. The summed E-state index contributed by atoms with van der Waals surface area (Å²) in [6.45, 7) is 4.58. The Morgan fingerprint density at radius 2 is 2.27 bits per heavy atom. The van der Waals surface area contributed by atoms with Crippen molar-refractivity contribution in [3.8, 4) is 0 Å². The Hall–Kier alpha value is -1.49. The molecule has 0 saturated heterocycles. The second-order valence-electron chi connectivity index (χ2n) is 3.05. The number of hydrogen-bond donors (Lipinski definition) is 2. The molecule has 0 aliphatic heterocycles. The van der Waals surface area contributed by atoms with E-state index in [1.54, 1.807) is 6.20 Å². The number of nitrogens with one attached hydrogen (secondary N) is 2. The predicted molar refractivity (Wildman–Crippen MR) is 57.5 cm³/mol. The summed E-state index contributed by atoms with van der Waals surface area (Å²) in [5.41, 5.74) is 0.362. The Morgan fingerprint density at radius 1 is 1.40 bits per heavy atom. The van der Waals surface area contributed by atoms with Crippen LogP contribution in [-0.4, -0.2) is 35.5 Å². The van der Waals surface area contributed by atoms with Gasteiger partial charge in [-0.3, -0.25) is 9.78 Å². The molecule has 0 aliphatic rings. The third-order valence-electron chi connectivity index (χ3n) is 1.86. The van der Waals surface area contributed by atoms with Crippen molar-refractivity contribution in [3.63, 3.8) is 0 Å². The molecule has 0 aromatic carbocycles. The average Bonchev–Trinajstić information content (AvgIpc) is 2.30. The van der Waals surface area contributed by atoms with Crippen LogP contribution in [0.3, 0.4) is 0 Å². The summed E-state index contributed by atoms with van der Waals surface area (Å²) in [5, 5.41) is 5.96. The molecule has 1 rings (SSSR count). The SMILES string of the molecule is CCNCCCNC(=O)c1cnccn1. The largest absolute Gasteiger partial charge is 0.351 e. The lowest BCUT2D eigenvalue weighted by Gasteiger charge is -2.04. The fourth-order valence-corrected chi connectivity index (χ4v) is 1.10. The van der Waals surface area contributed by atoms with Gasteiger partial charge in [0.15, 0.2) is 0 Å². The van der Waals surface area contributed by atoms with Crippen LogP contribution < -0.4 is 10.6 Å². The Labute approximate surface area is 89.3 Å². The van der Waals surface area contributed by atoms with Crippen molar-refractivity contribution in [3.05, 3.63) is 24.3 Å². The van der Waals surface area contributed by atoms with Gasteiger partial charge in [0.05, 0.1) is 6.20 Å². The van der Waals surface area contributed by atoms with Crippen LogP contribution in [0.15, 0.2) is 18.6 Å². The molecule has 1 aromatic heterocycles. The lowest BCUT2D eigenvalue weighted by atomic mass is 10.3. The van der Waals surface area contributed by atoms with E-state index in [2.05, 4.69) is 27.5 Å². The van der Waals surface area contributed by atoms with Crippen molar-refractivity contribution in [1.82, 2.24) is 20.6 Å². The van der Waals surface area contributed by atoms with Gasteiger partial charge in [-0.15, -0.1) is 0 Å². The van der Waals surface area contributed by atoms with E-state index in [1.165, 1.54) is 12.4 Å². The van der Waals surface area contributed by atoms with Crippen LogP contribution in [0.25, 0.3) is 0 Å². The van der Waals surface area contributed by atoms with Gasteiger partial charge >= 0.3 is 0 Å². The number of rotatable bonds is 6. The van der Waals surface area contributed by atoms with Crippen molar-refractivity contribution in [2.75, 3.05) is 19.6 Å². The van der Waals surface area contributed by atoms with Gasteiger partial charge in [0.2, 0.25) is 0 Å². The second kappa shape index (κ2) is 6.89. The van der Waals surface area contributed by atoms with E-state index in [0.717, 1.165) is 19.5 Å². The van der Waals surface area contributed by atoms with Crippen molar-refractivity contribution in [2.45, 2.75) is 13.3 Å². The molecule has 5 nitrogen and oxygen atoms in total. The molecule has 0 atom stereocenters. The average molecular weight is 208 g/mol. The summed E-state index contributed by atoms with van der Waals surface area (Å²) in [6.07, 6.45) is 5.43. The van der Waals surface area contributed by atoms with Crippen LogP contribution >= 0.6 is 0 Å². The molecule has 1 heterocycles. The molecule has 1 amide bonds. The van der Waals surface area contributed by atoms with Gasteiger partial charge in [0.1, 0.15) is 5.69 Å². The molecule has 0 spiro atoms. The van der Waals surface area contributed by atoms with Gasteiger partial charge in [-0.1, -0.05) is 6.92 Å². The van der Waals surface area contributed by atoms with Crippen LogP contribution in [0.1, 0.15) is 23.8 Å². The quantitative estimate of drug-likeness (QED) is 0.656. The van der Waals surface area contributed by atoms with Crippen LogP contribution in [-0.2, 0) is 0 Å². The van der Waals surface area contributed by atoms with Crippen LogP contribution in [0.2, 0.25) is 0 Å². The Bertz CT molecular complexity index is 289. The highest BCUT2D eigenvalue weighted by molar-refractivity contribution is 5.91. The first kappa shape index (κ1) is 11.6. The molecule has 82 valence electrons. The number of carbonyl (C=O) groups excluding carboxylic acids is 1.